The van der Waals surface area contributed by atoms with Crippen LogP contribution in [0.2, 0.25) is 5.02 Å². The van der Waals surface area contributed by atoms with Crippen molar-refractivity contribution < 1.29 is 23.8 Å². The number of benzene rings is 1. The summed E-state index contributed by atoms with van der Waals surface area (Å²) in [6, 6.07) is 3.75. The summed E-state index contributed by atoms with van der Waals surface area (Å²) in [4.78, 5) is 30.0. The van der Waals surface area contributed by atoms with Gasteiger partial charge in [-0.3, -0.25) is 9.59 Å². The van der Waals surface area contributed by atoms with E-state index in [0.717, 1.165) is 29.8 Å². The number of allylic oxidation sites excluding steroid dienone is 4. The third-order valence-electron chi connectivity index (χ3n) is 7.49. The van der Waals surface area contributed by atoms with Gasteiger partial charge in [0.1, 0.15) is 0 Å². The number of Topliss-reactive ketones (excluding diaryl/α,β-unsaturated/α-hetero) is 2. The molecule has 6 nitrogen and oxygen atoms in total. The summed E-state index contributed by atoms with van der Waals surface area (Å²) in [5.74, 6) is 0.716. The molecule has 1 heterocycles. The van der Waals surface area contributed by atoms with Crippen molar-refractivity contribution in [2.45, 2.75) is 73.1 Å². The van der Waals surface area contributed by atoms with Gasteiger partial charge in [-0.25, -0.2) is 0 Å². The van der Waals surface area contributed by atoms with Gasteiger partial charge in [0.15, 0.2) is 23.1 Å². The second-order valence-electron chi connectivity index (χ2n) is 11.9. The largest absolute Gasteiger partial charge is 0.490 e. The zero-order chi connectivity index (χ0) is 27.1. The van der Waals surface area contributed by atoms with Gasteiger partial charge in [0.2, 0.25) is 0 Å². The van der Waals surface area contributed by atoms with E-state index in [2.05, 4.69) is 32.6 Å². The average Bonchev–Trinajstić information content (AvgIpc) is 2.78. The van der Waals surface area contributed by atoms with Crippen LogP contribution in [0.4, 0.5) is 0 Å². The number of nitrogens with zero attached hydrogens (tertiary/aromatic N) is 1. The topological polar surface area (TPSA) is 65.1 Å². The Bertz CT molecular complexity index is 1110. The lowest BCUT2D eigenvalue weighted by atomic mass is 9.63. The molecule has 0 saturated carbocycles. The fraction of sp³-hybridized carbons (Fsp3) is 0.600. The molecule has 0 aromatic heterocycles. The number of carbonyl (C=O) groups excluding carboxylic acids is 2. The van der Waals surface area contributed by atoms with Crippen molar-refractivity contribution in [2.24, 2.45) is 10.8 Å². The summed E-state index contributed by atoms with van der Waals surface area (Å²) in [6.45, 7) is 14.4. The Labute approximate surface area is 226 Å². The monoisotopic (exact) mass is 529 g/mol. The fourth-order valence-corrected chi connectivity index (χ4v) is 6.41. The Morgan fingerprint density at radius 2 is 1.43 bits per heavy atom. The Morgan fingerprint density at radius 3 is 1.92 bits per heavy atom. The molecule has 1 aliphatic heterocycles. The molecule has 0 N–H and O–H groups in total. The highest BCUT2D eigenvalue weighted by atomic mass is 35.5. The van der Waals surface area contributed by atoms with E-state index in [1.54, 1.807) is 7.11 Å². The van der Waals surface area contributed by atoms with Crippen molar-refractivity contribution in [1.82, 2.24) is 4.90 Å². The lowest BCUT2D eigenvalue weighted by Gasteiger charge is -2.49. The first-order valence-corrected chi connectivity index (χ1v) is 13.7. The maximum atomic E-state index is 13.9. The molecule has 2 aliphatic carbocycles. The van der Waals surface area contributed by atoms with Crippen LogP contribution in [0.25, 0.3) is 0 Å². The molecule has 3 aliphatic rings. The van der Waals surface area contributed by atoms with Crippen LogP contribution in [0.15, 0.2) is 34.7 Å². The number of halogens is 1. The van der Waals surface area contributed by atoms with Crippen molar-refractivity contribution in [1.29, 1.82) is 0 Å². The number of ether oxygens (including phenoxy) is 3. The molecule has 0 saturated heterocycles. The second kappa shape index (κ2) is 10.5. The number of hydrogen-bond acceptors (Lipinski definition) is 6. The molecule has 0 fully saturated rings. The zero-order valence-corrected chi connectivity index (χ0v) is 24.0. The molecule has 4 rings (SSSR count). The van der Waals surface area contributed by atoms with Crippen LogP contribution in [0.5, 0.6) is 11.5 Å². The van der Waals surface area contributed by atoms with Gasteiger partial charge in [-0.05, 0) is 55.2 Å². The number of carbonyl (C=O) groups is 2. The number of rotatable bonds is 8. The summed E-state index contributed by atoms with van der Waals surface area (Å²) in [7, 11) is 1.68. The SMILES string of the molecule is CCOc1cc(C2C3=C(CC(C)(C)CC3=O)N(CCOC)C3=C2C(=O)CC(C)(C)C3)cc(Cl)c1OCC. The summed E-state index contributed by atoms with van der Waals surface area (Å²) in [5, 5.41) is 0.418. The third-order valence-corrected chi connectivity index (χ3v) is 7.78. The molecule has 7 heteroatoms. The van der Waals surface area contributed by atoms with E-state index in [1.807, 2.05) is 26.0 Å². The lowest BCUT2D eigenvalue weighted by molar-refractivity contribution is -0.119. The maximum absolute atomic E-state index is 13.9. The minimum absolute atomic E-state index is 0.0887. The van der Waals surface area contributed by atoms with E-state index in [9.17, 15) is 9.59 Å². The third kappa shape index (κ3) is 5.33. The zero-order valence-electron chi connectivity index (χ0n) is 23.3. The van der Waals surface area contributed by atoms with Crippen LogP contribution in [0.1, 0.15) is 78.7 Å². The normalized spacial score (nSPS) is 21.2. The van der Waals surface area contributed by atoms with Crippen LogP contribution < -0.4 is 9.47 Å². The minimum Gasteiger partial charge on any atom is -0.490 e. The van der Waals surface area contributed by atoms with E-state index in [-0.39, 0.29) is 22.4 Å². The predicted molar refractivity (Wildman–Crippen MR) is 145 cm³/mol. The Morgan fingerprint density at radius 1 is 0.892 bits per heavy atom. The molecule has 0 bridgehead atoms. The van der Waals surface area contributed by atoms with Crippen LogP contribution in [-0.4, -0.2) is 49.9 Å². The van der Waals surface area contributed by atoms with Crippen LogP contribution in [-0.2, 0) is 14.3 Å². The summed E-state index contributed by atoms with van der Waals surface area (Å²) in [5.41, 5.74) is 3.89. The molecule has 0 atom stereocenters. The fourth-order valence-electron chi connectivity index (χ4n) is 6.14. The average molecular weight is 530 g/mol. The van der Waals surface area contributed by atoms with E-state index in [0.29, 0.717) is 66.9 Å². The smallest absolute Gasteiger partial charge is 0.179 e. The van der Waals surface area contributed by atoms with Crippen LogP contribution in [0.3, 0.4) is 0 Å². The summed E-state index contributed by atoms with van der Waals surface area (Å²) in [6.07, 6.45) is 2.38. The lowest BCUT2D eigenvalue weighted by Crippen LogP contribution is -2.45. The maximum Gasteiger partial charge on any atom is 0.179 e. The molecule has 202 valence electrons. The van der Waals surface area contributed by atoms with E-state index in [1.165, 1.54) is 0 Å². The van der Waals surface area contributed by atoms with Crippen LogP contribution in [0, 0.1) is 10.8 Å². The Balaban J connectivity index is 2.00. The molecule has 37 heavy (non-hydrogen) atoms. The Hall–Kier alpha value is -2.31. The van der Waals surface area contributed by atoms with E-state index >= 15 is 0 Å². The second-order valence-corrected chi connectivity index (χ2v) is 12.3. The molecule has 1 aromatic rings. The van der Waals surface area contributed by atoms with Crippen molar-refractivity contribution in [3.8, 4) is 11.5 Å². The molecule has 0 spiro atoms. The molecular formula is C30H40ClNO5. The van der Waals surface area contributed by atoms with Gasteiger partial charge in [-0.15, -0.1) is 0 Å². The standard InChI is InChI=1S/C30H40ClNO5/c1-8-36-24-13-18(12-19(31)28(24)37-9-2)25-26-20(14-29(3,4)16-22(26)33)32(10-11-35-7)21-15-30(5,6)17-23(34)27(21)25/h12-13,25H,8-11,14-17H2,1-7H3. The van der Waals surface area contributed by atoms with Gasteiger partial charge < -0.3 is 19.1 Å². The highest BCUT2D eigenvalue weighted by Gasteiger charge is 2.49. The van der Waals surface area contributed by atoms with Crippen molar-refractivity contribution in [3.05, 3.63) is 45.3 Å². The van der Waals surface area contributed by atoms with Crippen LogP contribution >= 0.6 is 11.6 Å². The van der Waals surface area contributed by atoms with Gasteiger partial charge in [-0.1, -0.05) is 39.3 Å². The molecule has 0 amide bonds. The first-order valence-electron chi connectivity index (χ1n) is 13.3. The predicted octanol–water partition coefficient (Wildman–Crippen LogP) is 6.47. The van der Waals surface area contributed by atoms with E-state index < -0.39 is 5.92 Å². The summed E-state index contributed by atoms with van der Waals surface area (Å²) < 4.78 is 17.2. The number of ketones is 2. The van der Waals surface area contributed by atoms with Crippen molar-refractivity contribution in [2.75, 3.05) is 33.5 Å². The number of methoxy groups -OCH3 is 1. The molecule has 0 unspecified atom stereocenters. The van der Waals surface area contributed by atoms with Crippen molar-refractivity contribution in [3.63, 3.8) is 0 Å². The van der Waals surface area contributed by atoms with Gasteiger partial charge >= 0.3 is 0 Å². The van der Waals surface area contributed by atoms with Crippen molar-refractivity contribution >= 4 is 23.2 Å². The van der Waals surface area contributed by atoms with Gasteiger partial charge in [-0.2, -0.15) is 0 Å². The first kappa shape index (κ1) is 27.7. The molecule has 0 radical (unpaired) electrons. The van der Waals surface area contributed by atoms with Gasteiger partial charge in [0, 0.05) is 55.0 Å². The molecular weight excluding hydrogens is 490 g/mol. The Kier molecular flexibility index (Phi) is 7.83. The number of hydrogen-bond donors (Lipinski definition) is 0. The quantitative estimate of drug-likeness (QED) is 0.384. The molecule has 1 aromatic carbocycles. The highest BCUT2D eigenvalue weighted by molar-refractivity contribution is 6.32. The highest BCUT2D eigenvalue weighted by Crippen LogP contribution is 2.55. The van der Waals surface area contributed by atoms with Gasteiger partial charge in [0.05, 0.1) is 24.8 Å². The minimum atomic E-state index is -0.483. The van der Waals surface area contributed by atoms with Gasteiger partial charge in [0.25, 0.3) is 0 Å². The van der Waals surface area contributed by atoms with E-state index in [4.69, 9.17) is 25.8 Å². The first-order chi connectivity index (χ1) is 17.4. The summed E-state index contributed by atoms with van der Waals surface area (Å²) >= 11 is 6.75.